The minimum atomic E-state index is 0.587. The molecule has 7 aromatic rings. The average Bonchev–Trinajstić information content (AvgIpc) is 3.20. The van der Waals surface area contributed by atoms with Crippen LogP contribution < -0.4 is 9.80 Å². The summed E-state index contributed by atoms with van der Waals surface area (Å²) in [5, 5.41) is 0. The Kier molecular flexibility index (Phi) is 10.9. The first-order chi connectivity index (χ1) is 26.3. The van der Waals surface area contributed by atoms with Gasteiger partial charge in [0.1, 0.15) is 0 Å². The van der Waals surface area contributed by atoms with Gasteiger partial charge in [-0.1, -0.05) is 128 Å². The lowest BCUT2D eigenvalue weighted by Gasteiger charge is -2.28. The predicted octanol–water partition coefficient (Wildman–Crippen LogP) is 15.2. The SMILES string of the molecule is CCC(C)c1ccc(C=Cc2ccc(N(c3ccc(C)cc3)c3ccc(-c4ccc(N(c5ccccc5)c5ccc(C)cc5)c(C)c4)cc3C)cc2)cc1. The summed E-state index contributed by atoms with van der Waals surface area (Å²) >= 11 is 0. The molecule has 0 fully saturated rings. The molecule has 2 nitrogen and oxygen atoms in total. The van der Waals surface area contributed by atoms with Gasteiger partial charge in [-0.15, -0.1) is 0 Å². The number of hydrogen-bond donors (Lipinski definition) is 0. The van der Waals surface area contributed by atoms with Crippen LogP contribution in [0, 0.1) is 27.7 Å². The van der Waals surface area contributed by atoms with Gasteiger partial charge in [0.15, 0.2) is 0 Å². The van der Waals surface area contributed by atoms with Crippen molar-refractivity contribution in [3.8, 4) is 11.1 Å². The van der Waals surface area contributed by atoms with Crippen LogP contribution in [0.25, 0.3) is 23.3 Å². The van der Waals surface area contributed by atoms with Crippen LogP contribution in [0.2, 0.25) is 0 Å². The van der Waals surface area contributed by atoms with E-state index < -0.39 is 0 Å². The lowest BCUT2D eigenvalue weighted by atomic mass is 9.97. The van der Waals surface area contributed by atoms with E-state index in [9.17, 15) is 0 Å². The van der Waals surface area contributed by atoms with Gasteiger partial charge in [-0.25, -0.2) is 0 Å². The third kappa shape index (κ3) is 8.09. The van der Waals surface area contributed by atoms with Crippen molar-refractivity contribution < 1.29 is 0 Å². The molecule has 0 saturated carbocycles. The number of benzene rings is 7. The van der Waals surface area contributed by atoms with E-state index in [0.717, 1.165) is 34.9 Å². The smallest absolute Gasteiger partial charge is 0.0491 e. The van der Waals surface area contributed by atoms with Crippen LogP contribution >= 0.6 is 0 Å². The molecule has 2 heteroatoms. The Morgan fingerprint density at radius 2 is 0.833 bits per heavy atom. The van der Waals surface area contributed by atoms with Crippen LogP contribution in [0.5, 0.6) is 0 Å². The fraction of sp³-hybridized carbons (Fsp3) is 0.154. The second-order valence-electron chi connectivity index (χ2n) is 14.6. The third-order valence-electron chi connectivity index (χ3n) is 10.5. The molecular formula is C52H50N2. The molecule has 7 rings (SSSR count). The number of nitrogens with zero attached hydrogens (tertiary/aromatic N) is 2. The maximum absolute atomic E-state index is 2.37. The van der Waals surface area contributed by atoms with Gasteiger partial charge in [0, 0.05) is 34.1 Å². The molecule has 0 saturated heterocycles. The topological polar surface area (TPSA) is 6.48 Å². The van der Waals surface area contributed by atoms with Crippen molar-refractivity contribution >= 4 is 46.3 Å². The zero-order valence-corrected chi connectivity index (χ0v) is 32.4. The van der Waals surface area contributed by atoms with Crippen LogP contribution in [0.3, 0.4) is 0 Å². The van der Waals surface area contributed by atoms with Gasteiger partial charge in [0.05, 0.1) is 0 Å². The van der Waals surface area contributed by atoms with Crippen molar-refractivity contribution in [2.75, 3.05) is 9.80 Å². The van der Waals surface area contributed by atoms with Gasteiger partial charge in [0.25, 0.3) is 0 Å². The minimum absolute atomic E-state index is 0.587. The Morgan fingerprint density at radius 1 is 0.444 bits per heavy atom. The van der Waals surface area contributed by atoms with Crippen LogP contribution in [0.4, 0.5) is 34.1 Å². The first kappa shape index (κ1) is 36.2. The Bertz CT molecular complexity index is 2330. The largest absolute Gasteiger partial charge is 0.310 e. The Labute approximate surface area is 322 Å². The summed E-state index contributed by atoms with van der Waals surface area (Å²) < 4.78 is 0. The van der Waals surface area contributed by atoms with Crippen LogP contribution in [0.1, 0.15) is 65.1 Å². The van der Waals surface area contributed by atoms with E-state index in [2.05, 4.69) is 227 Å². The third-order valence-corrected chi connectivity index (χ3v) is 10.5. The molecule has 1 atom stereocenters. The zero-order chi connectivity index (χ0) is 37.6. The van der Waals surface area contributed by atoms with Gasteiger partial charge < -0.3 is 9.80 Å². The second-order valence-corrected chi connectivity index (χ2v) is 14.6. The molecule has 0 bridgehead atoms. The monoisotopic (exact) mass is 702 g/mol. The summed E-state index contributed by atoms with van der Waals surface area (Å²) in [4.78, 5) is 4.71. The van der Waals surface area contributed by atoms with Crippen molar-refractivity contribution in [1.82, 2.24) is 0 Å². The molecule has 268 valence electrons. The molecule has 0 amide bonds. The molecule has 0 spiro atoms. The molecule has 7 aromatic carbocycles. The molecule has 0 heterocycles. The molecule has 1 unspecified atom stereocenters. The highest BCUT2D eigenvalue weighted by atomic mass is 15.1. The second kappa shape index (κ2) is 16.3. The highest BCUT2D eigenvalue weighted by Crippen LogP contribution is 2.41. The molecule has 0 N–H and O–H groups in total. The minimum Gasteiger partial charge on any atom is -0.310 e. The molecular weight excluding hydrogens is 653 g/mol. The molecule has 0 aromatic heterocycles. The lowest BCUT2D eigenvalue weighted by Crippen LogP contribution is -2.11. The van der Waals surface area contributed by atoms with Crippen molar-refractivity contribution in [2.24, 2.45) is 0 Å². The average molecular weight is 703 g/mol. The van der Waals surface area contributed by atoms with Gasteiger partial charge in [-0.3, -0.25) is 0 Å². The van der Waals surface area contributed by atoms with Crippen LogP contribution in [-0.2, 0) is 0 Å². The number of para-hydroxylation sites is 1. The van der Waals surface area contributed by atoms with Crippen LogP contribution in [0.15, 0.2) is 164 Å². The Balaban J connectivity index is 1.18. The van der Waals surface area contributed by atoms with E-state index in [-0.39, 0.29) is 0 Å². The number of hydrogen-bond acceptors (Lipinski definition) is 2. The van der Waals surface area contributed by atoms with E-state index >= 15 is 0 Å². The lowest BCUT2D eigenvalue weighted by molar-refractivity contribution is 0.733. The molecule has 0 radical (unpaired) electrons. The van der Waals surface area contributed by atoms with Gasteiger partial charge in [-0.2, -0.15) is 0 Å². The van der Waals surface area contributed by atoms with Crippen molar-refractivity contribution in [1.29, 1.82) is 0 Å². The molecule has 0 aliphatic carbocycles. The van der Waals surface area contributed by atoms with Gasteiger partial charge in [-0.05, 0) is 152 Å². The summed E-state index contributed by atoms with van der Waals surface area (Å²) in [5.41, 5.74) is 18.0. The molecule has 54 heavy (non-hydrogen) atoms. The first-order valence-electron chi connectivity index (χ1n) is 19.2. The van der Waals surface area contributed by atoms with E-state index in [1.54, 1.807) is 0 Å². The van der Waals surface area contributed by atoms with Crippen molar-refractivity contribution in [3.63, 3.8) is 0 Å². The summed E-state index contributed by atoms with van der Waals surface area (Å²) in [6.07, 6.45) is 5.56. The predicted molar refractivity (Wildman–Crippen MR) is 234 cm³/mol. The highest BCUT2D eigenvalue weighted by Gasteiger charge is 2.18. The fourth-order valence-electron chi connectivity index (χ4n) is 7.09. The summed E-state index contributed by atoms with van der Waals surface area (Å²) in [6, 6.07) is 59.7. The Hall–Kier alpha value is -6.12. The van der Waals surface area contributed by atoms with E-state index in [1.165, 1.54) is 55.8 Å². The van der Waals surface area contributed by atoms with Gasteiger partial charge in [0.2, 0.25) is 0 Å². The first-order valence-corrected chi connectivity index (χ1v) is 19.2. The van der Waals surface area contributed by atoms with Gasteiger partial charge >= 0.3 is 0 Å². The van der Waals surface area contributed by atoms with Crippen molar-refractivity contribution in [2.45, 2.75) is 53.9 Å². The standard InChI is InChI=1S/C52H50N2/c1-7-39(4)44-23-19-42(20-24-44)17-18-43-21-31-50(32-22-43)54(49-29-15-38(3)16-30-49)52-34-26-46(36-41(52)6)45-25-33-51(40(5)35-45)53(47-11-9-8-10-12-47)48-27-13-37(2)14-28-48/h8-36,39H,7H2,1-6H3. The summed E-state index contributed by atoms with van der Waals surface area (Å²) in [6.45, 7) is 13.2. The maximum Gasteiger partial charge on any atom is 0.0491 e. The summed E-state index contributed by atoms with van der Waals surface area (Å²) in [7, 11) is 0. The number of aryl methyl sites for hydroxylation is 4. The van der Waals surface area contributed by atoms with Crippen molar-refractivity contribution in [3.05, 3.63) is 203 Å². The van der Waals surface area contributed by atoms with E-state index in [4.69, 9.17) is 0 Å². The fourth-order valence-corrected chi connectivity index (χ4v) is 7.09. The molecule has 0 aliphatic heterocycles. The van der Waals surface area contributed by atoms with E-state index in [0.29, 0.717) is 5.92 Å². The Morgan fingerprint density at radius 3 is 1.24 bits per heavy atom. The quantitative estimate of drug-likeness (QED) is 0.124. The highest BCUT2D eigenvalue weighted by molar-refractivity contribution is 5.84. The number of anilines is 6. The zero-order valence-electron chi connectivity index (χ0n) is 32.4. The van der Waals surface area contributed by atoms with Crippen LogP contribution in [-0.4, -0.2) is 0 Å². The van der Waals surface area contributed by atoms with E-state index in [1.807, 2.05) is 0 Å². The maximum atomic E-state index is 2.37. The summed E-state index contributed by atoms with van der Waals surface area (Å²) in [5.74, 6) is 0.587. The number of rotatable bonds is 11. The normalized spacial score (nSPS) is 11.8. The molecule has 0 aliphatic rings.